The van der Waals surface area contributed by atoms with Gasteiger partial charge in [0.1, 0.15) is 5.75 Å². The highest BCUT2D eigenvalue weighted by Gasteiger charge is 2.13. The monoisotopic (exact) mass is 367 g/mol. The van der Waals surface area contributed by atoms with E-state index in [9.17, 15) is 4.79 Å². The fourth-order valence-corrected chi connectivity index (χ4v) is 2.69. The van der Waals surface area contributed by atoms with Crippen LogP contribution in [0.15, 0.2) is 36.4 Å². The van der Waals surface area contributed by atoms with Crippen LogP contribution in [0.4, 0.5) is 0 Å². The molecule has 1 N–H and O–H groups in total. The molecule has 1 aliphatic heterocycles. The third-order valence-corrected chi connectivity index (χ3v) is 3.96. The number of carbonyl (C=O) groups is 1. The van der Waals surface area contributed by atoms with Gasteiger partial charge in [0.05, 0.1) is 5.02 Å². The molecule has 0 atom stereocenters. The van der Waals surface area contributed by atoms with Crippen LogP contribution in [0.5, 0.6) is 17.2 Å². The molecule has 24 heavy (non-hydrogen) atoms. The summed E-state index contributed by atoms with van der Waals surface area (Å²) in [7, 11) is 0. The molecule has 0 saturated carbocycles. The van der Waals surface area contributed by atoms with Crippen molar-refractivity contribution in [3.05, 3.63) is 52.0 Å². The summed E-state index contributed by atoms with van der Waals surface area (Å²) in [5.74, 6) is 1.68. The Bertz CT molecular complexity index is 751. The summed E-state index contributed by atoms with van der Waals surface area (Å²) in [6.45, 7) is 0.638. The standard InChI is InChI=1S/C17H15Cl2NO4/c18-12-2-4-14(13(19)8-12)22-9-17(21)20-6-5-11-1-3-15-16(7-11)24-10-23-15/h1-4,7-8H,5-6,9-10H2,(H,20,21). The number of carbonyl (C=O) groups excluding carboxylic acids is 1. The van der Waals surface area contributed by atoms with Gasteiger partial charge >= 0.3 is 0 Å². The van der Waals surface area contributed by atoms with Crippen molar-refractivity contribution in [1.29, 1.82) is 0 Å². The quantitative estimate of drug-likeness (QED) is 0.849. The molecule has 0 saturated heterocycles. The Morgan fingerprint density at radius 2 is 1.96 bits per heavy atom. The summed E-state index contributed by atoms with van der Waals surface area (Å²) in [5.41, 5.74) is 1.06. The number of ether oxygens (including phenoxy) is 3. The SMILES string of the molecule is O=C(COc1ccc(Cl)cc1Cl)NCCc1ccc2c(c1)OCO2. The smallest absolute Gasteiger partial charge is 0.257 e. The van der Waals surface area contributed by atoms with Gasteiger partial charge in [-0.15, -0.1) is 0 Å². The molecule has 2 aromatic carbocycles. The molecule has 1 heterocycles. The topological polar surface area (TPSA) is 56.8 Å². The molecule has 1 aliphatic rings. The van der Waals surface area contributed by atoms with Crippen molar-refractivity contribution in [2.24, 2.45) is 0 Å². The highest BCUT2D eigenvalue weighted by Crippen LogP contribution is 2.32. The molecule has 0 radical (unpaired) electrons. The molecule has 0 unspecified atom stereocenters. The van der Waals surface area contributed by atoms with Gasteiger partial charge in [0.2, 0.25) is 6.79 Å². The summed E-state index contributed by atoms with van der Waals surface area (Å²) in [5, 5.41) is 3.68. The maximum Gasteiger partial charge on any atom is 0.257 e. The summed E-state index contributed by atoms with van der Waals surface area (Å²) in [4.78, 5) is 11.8. The molecule has 0 fully saturated rings. The Labute approximate surface area is 149 Å². The number of rotatable bonds is 6. The van der Waals surface area contributed by atoms with Gasteiger partial charge in [0.15, 0.2) is 18.1 Å². The lowest BCUT2D eigenvalue weighted by Crippen LogP contribution is -2.30. The molecular weight excluding hydrogens is 353 g/mol. The zero-order valence-corrected chi connectivity index (χ0v) is 14.2. The normalized spacial score (nSPS) is 12.1. The van der Waals surface area contributed by atoms with Gasteiger partial charge < -0.3 is 19.5 Å². The largest absolute Gasteiger partial charge is 0.482 e. The van der Waals surface area contributed by atoms with Crippen molar-refractivity contribution < 1.29 is 19.0 Å². The molecule has 0 spiro atoms. The van der Waals surface area contributed by atoms with Gasteiger partial charge in [-0.25, -0.2) is 0 Å². The maximum absolute atomic E-state index is 11.8. The van der Waals surface area contributed by atoms with Crippen molar-refractivity contribution >= 4 is 29.1 Å². The van der Waals surface area contributed by atoms with E-state index in [1.165, 1.54) is 0 Å². The second kappa shape index (κ2) is 7.64. The molecule has 0 aliphatic carbocycles. The van der Waals surface area contributed by atoms with E-state index in [2.05, 4.69) is 5.32 Å². The van der Waals surface area contributed by atoms with E-state index in [1.807, 2.05) is 18.2 Å². The summed E-state index contributed by atoms with van der Waals surface area (Å²) in [6.07, 6.45) is 0.685. The first kappa shape index (κ1) is 16.7. The second-order valence-corrected chi connectivity index (χ2v) is 5.99. The van der Waals surface area contributed by atoms with E-state index in [0.717, 1.165) is 17.1 Å². The molecule has 0 aromatic heterocycles. The number of hydrogen-bond donors (Lipinski definition) is 1. The van der Waals surface area contributed by atoms with Crippen LogP contribution in [0.3, 0.4) is 0 Å². The average molecular weight is 368 g/mol. The van der Waals surface area contributed by atoms with Crippen molar-refractivity contribution in [3.63, 3.8) is 0 Å². The van der Waals surface area contributed by atoms with E-state index < -0.39 is 0 Å². The second-order valence-electron chi connectivity index (χ2n) is 5.15. The van der Waals surface area contributed by atoms with Crippen molar-refractivity contribution in [3.8, 4) is 17.2 Å². The fourth-order valence-electron chi connectivity index (χ4n) is 2.23. The molecule has 7 heteroatoms. The Hall–Kier alpha value is -2.11. The first-order chi connectivity index (χ1) is 11.6. The number of halogens is 2. The Kier molecular flexibility index (Phi) is 5.33. The van der Waals surface area contributed by atoms with E-state index in [1.54, 1.807) is 18.2 Å². The predicted molar refractivity (Wildman–Crippen MR) is 91.2 cm³/mol. The van der Waals surface area contributed by atoms with Crippen molar-refractivity contribution in [2.45, 2.75) is 6.42 Å². The minimum atomic E-state index is -0.221. The summed E-state index contributed by atoms with van der Waals surface area (Å²) in [6, 6.07) is 10.6. The van der Waals surface area contributed by atoms with E-state index in [-0.39, 0.29) is 19.3 Å². The minimum Gasteiger partial charge on any atom is -0.482 e. The summed E-state index contributed by atoms with van der Waals surface area (Å²) >= 11 is 11.8. The average Bonchev–Trinajstić information content (AvgIpc) is 3.02. The Morgan fingerprint density at radius 1 is 1.12 bits per heavy atom. The number of nitrogens with one attached hydrogen (secondary N) is 1. The maximum atomic E-state index is 11.8. The van der Waals surface area contributed by atoms with Crippen LogP contribution in [0.2, 0.25) is 10.0 Å². The Morgan fingerprint density at radius 3 is 2.79 bits per heavy atom. The summed E-state index contributed by atoms with van der Waals surface area (Å²) < 4.78 is 16.0. The molecule has 1 amide bonds. The van der Waals surface area contributed by atoms with Gasteiger partial charge in [0, 0.05) is 11.6 Å². The number of amides is 1. The van der Waals surface area contributed by atoms with Crippen LogP contribution >= 0.6 is 23.2 Å². The van der Waals surface area contributed by atoms with Gasteiger partial charge in [-0.2, -0.15) is 0 Å². The third kappa shape index (κ3) is 4.24. The van der Waals surface area contributed by atoms with Gasteiger partial charge in [-0.3, -0.25) is 4.79 Å². The van der Waals surface area contributed by atoms with E-state index >= 15 is 0 Å². The van der Waals surface area contributed by atoms with Crippen molar-refractivity contribution in [1.82, 2.24) is 5.32 Å². The van der Waals surface area contributed by atoms with Crippen LogP contribution in [0.1, 0.15) is 5.56 Å². The molecule has 2 aromatic rings. The lowest BCUT2D eigenvalue weighted by atomic mass is 10.1. The lowest BCUT2D eigenvalue weighted by molar-refractivity contribution is -0.123. The molecule has 126 valence electrons. The molecule has 0 bridgehead atoms. The first-order valence-electron chi connectivity index (χ1n) is 7.35. The van der Waals surface area contributed by atoms with Gasteiger partial charge in [0.25, 0.3) is 5.91 Å². The number of benzene rings is 2. The van der Waals surface area contributed by atoms with Crippen LogP contribution in [-0.2, 0) is 11.2 Å². The number of fused-ring (bicyclic) bond motifs is 1. The van der Waals surface area contributed by atoms with Crippen LogP contribution in [0.25, 0.3) is 0 Å². The Balaban J connectivity index is 1.42. The minimum absolute atomic E-state index is 0.109. The van der Waals surface area contributed by atoms with Crippen LogP contribution < -0.4 is 19.5 Å². The molecular formula is C17H15Cl2NO4. The predicted octanol–water partition coefficient (Wildman–Crippen LogP) is 3.46. The first-order valence-corrected chi connectivity index (χ1v) is 8.10. The van der Waals surface area contributed by atoms with E-state index in [0.29, 0.717) is 28.8 Å². The van der Waals surface area contributed by atoms with Gasteiger partial charge in [-0.1, -0.05) is 29.3 Å². The van der Waals surface area contributed by atoms with Gasteiger partial charge in [-0.05, 0) is 42.3 Å². The number of hydrogen-bond acceptors (Lipinski definition) is 4. The molecule has 5 nitrogen and oxygen atoms in total. The van der Waals surface area contributed by atoms with Crippen LogP contribution in [0, 0.1) is 0 Å². The highest BCUT2D eigenvalue weighted by molar-refractivity contribution is 6.35. The van der Waals surface area contributed by atoms with E-state index in [4.69, 9.17) is 37.4 Å². The van der Waals surface area contributed by atoms with Crippen LogP contribution in [-0.4, -0.2) is 25.9 Å². The highest BCUT2D eigenvalue weighted by atomic mass is 35.5. The molecule has 3 rings (SSSR count). The zero-order chi connectivity index (χ0) is 16.9. The zero-order valence-electron chi connectivity index (χ0n) is 12.7. The third-order valence-electron chi connectivity index (χ3n) is 3.43. The van der Waals surface area contributed by atoms with Crippen molar-refractivity contribution in [2.75, 3.05) is 19.9 Å². The fraction of sp³-hybridized carbons (Fsp3) is 0.235. The lowest BCUT2D eigenvalue weighted by Gasteiger charge is -2.09.